The van der Waals surface area contributed by atoms with Crippen molar-refractivity contribution in [3.63, 3.8) is 0 Å². The molecule has 1 N–H and O–H groups in total. The maximum Gasteiger partial charge on any atom is 0.193 e. The first-order valence-corrected chi connectivity index (χ1v) is 11.0. The number of nitrogens with one attached hydrogen (secondary N) is 1. The van der Waals surface area contributed by atoms with Gasteiger partial charge in [0.1, 0.15) is 0 Å². The summed E-state index contributed by atoms with van der Waals surface area (Å²) in [7, 11) is 1.91. The van der Waals surface area contributed by atoms with Crippen LogP contribution >= 0.6 is 24.0 Å². The molecule has 2 aliphatic rings. The molecular weight excluding hydrogens is 475 g/mol. The number of ether oxygens (including phenoxy) is 1. The van der Waals surface area contributed by atoms with Gasteiger partial charge in [-0.1, -0.05) is 38.1 Å². The van der Waals surface area contributed by atoms with E-state index >= 15 is 0 Å². The quantitative estimate of drug-likeness (QED) is 0.261. The van der Waals surface area contributed by atoms with Crippen LogP contribution in [0.5, 0.6) is 0 Å². The highest BCUT2D eigenvalue weighted by Crippen LogP contribution is 2.18. The van der Waals surface area contributed by atoms with Crippen molar-refractivity contribution < 1.29 is 4.74 Å². The van der Waals surface area contributed by atoms with Gasteiger partial charge >= 0.3 is 0 Å². The summed E-state index contributed by atoms with van der Waals surface area (Å²) in [5, 5.41) is 3.58. The van der Waals surface area contributed by atoms with Gasteiger partial charge in [-0.05, 0) is 42.2 Å². The van der Waals surface area contributed by atoms with Crippen LogP contribution in [0.3, 0.4) is 0 Å². The fourth-order valence-corrected chi connectivity index (χ4v) is 4.22. The summed E-state index contributed by atoms with van der Waals surface area (Å²) in [6, 6.07) is 9.10. The largest absolute Gasteiger partial charge is 0.379 e. The number of aryl methyl sites for hydroxylation is 1. The number of nitrogens with zero attached hydrogens (tertiary/aromatic N) is 3. The van der Waals surface area contributed by atoms with Gasteiger partial charge in [-0.15, -0.1) is 24.0 Å². The number of morpholine rings is 1. The Morgan fingerprint density at radius 2 is 1.90 bits per heavy atom. The lowest BCUT2D eigenvalue weighted by molar-refractivity contribution is 0.0315. The lowest BCUT2D eigenvalue weighted by Gasteiger charge is -2.29. The molecule has 5 nitrogen and oxygen atoms in total. The van der Waals surface area contributed by atoms with E-state index in [2.05, 4.69) is 58.2 Å². The first-order chi connectivity index (χ1) is 13.7. The Morgan fingerprint density at radius 3 is 2.55 bits per heavy atom. The molecule has 0 spiro atoms. The Labute approximate surface area is 194 Å². The average Bonchev–Trinajstić information content (AvgIpc) is 3.17. The maximum absolute atomic E-state index is 5.46. The van der Waals surface area contributed by atoms with Crippen LogP contribution in [-0.4, -0.2) is 75.3 Å². The summed E-state index contributed by atoms with van der Waals surface area (Å²) in [5.41, 5.74) is 2.84. The van der Waals surface area contributed by atoms with Crippen LogP contribution in [0.4, 0.5) is 0 Å². The highest BCUT2D eigenvalue weighted by Gasteiger charge is 2.26. The third-order valence-corrected chi connectivity index (χ3v) is 5.99. The van der Waals surface area contributed by atoms with Gasteiger partial charge in [-0.25, -0.2) is 0 Å². The number of hydrogen-bond donors (Lipinski definition) is 1. The van der Waals surface area contributed by atoms with Crippen molar-refractivity contribution in [2.45, 2.75) is 39.0 Å². The lowest BCUT2D eigenvalue weighted by atomic mass is 10.0. The van der Waals surface area contributed by atoms with Gasteiger partial charge in [-0.3, -0.25) is 9.89 Å². The standard InChI is InChI=1S/C23H38N4O.HI/c1-19(2)22-8-6-20(7-9-22)5-4-11-25-23(24-3)27-12-10-21(18-27)17-26-13-15-28-16-14-26;/h6-9,19,21H,4-5,10-18H2,1-3H3,(H,24,25);1H. The van der Waals surface area contributed by atoms with Crippen LogP contribution in [0, 0.1) is 5.92 Å². The summed E-state index contributed by atoms with van der Waals surface area (Å²) < 4.78 is 5.46. The van der Waals surface area contributed by atoms with Crippen LogP contribution in [0.2, 0.25) is 0 Å². The van der Waals surface area contributed by atoms with Crippen LogP contribution in [-0.2, 0) is 11.2 Å². The van der Waals surface area contributed by atoms with E-state index in [9.17, 15) is 0 Å². The second-order valence-electron chi connectivity index (χ2n) is 8.49. The van der Waals surface area contributed by atoms with E-state index in [1.165, 1.54) is 24.1 Å². The number of benzene rings is 1. The minimum Gasteiger partial charge on any atom is -0.379 e. The predicted molar refractivity (Wildman–Crippen MR) is 133 cm³/mol. The number of guanidine groups is 1. The number of likely N-dealkylation sites (tertiary alicyclic amines) is 1. The molecule has 0 saturated carbocycles. The van der Waals surface area contributed by atoms with Crippen molar-refractivity contribution in [2.75, 3.05) is 59.5 Å². The van der Waals surface area contributed by atoms with Gasteiger partial charge in [0.05, 0.1) is 13.2 Å². The van der Waals surface area contributed by atoms with E-state index in [1.807, 2.05) is 7.05 Å². The highest BCUT2D eigenvalue weighted by atomic mass is 127. The molecule has 0 aromatic heterocycles. The van der Waals surface area contributed by atoms with E-state index in [1.54, 1.807) is 0 Å². The molecular formula is C23H39IN4O. The molecule has 3 rings (SSSR count). The number of halogens is 1. The van der Waals surface area contributed by atoms with Crippen molar-refractivity contribution in [3.8, 4) is 0 Å². The molecule has 0 amide bonds. The zero-order valence-electron chi connectivity index (χ0n) is 18.4. The molecule has 2 fully saturated rings. The Kier molecular flexibility index (Phi) is 10.7. The minimum absolute atomic E-state index is 0. The van der Waals surface area contributed by atoms with Crippen LogP contribution < -0.4 is 5.32 Å². The van der Waals surface area contributed by atoms with Gasteiger partial charge in [0.2, 0.25) is 0 Å². The molecule has 2 aliphatic heterocycles. The van der Waals surface area contributed by atoms with Crippen molar-refractivity contribution in [3.05, 3.63) is 35.4 Å². The van der Waals surface area contributed by atoms with Crippen molar-refractivity contribution in [1.82, 2.24) is 15.1 Å². The Balaban J connectivity index is 0.00000300. The second-order valence-corrected chi connectivity index (χ2v) is 8.49. The van der Waals surface area contributed by atoms with E-state index in [0.717, 1.165) is 70.7 Å². The Morgan fingerprint density at radius 1 is 1.17 bits per heavy atom. The first kappa shape index (κ1) is 24.4. The van der Waals surface area contributed by atoms with Crippen LogP contribution in [0.15, 0.2) is 29.3 Å². The zero-order chi connectivity index (χ0) is 19.8. The van der Waals surface area contributed by atoms with E-state index in [0.29, 0.717) is 5.92 Å². The smallest absolute Gasteiger partial charge is 0.193 e. The van der Waals surface area contributed by atoms with Crippen molar-refractivity contribution >= 4 is 29.9 Å². The topological polar surface area (TPSA) is 40.1 Å². The molecule has 2 saturated heterocycles. The molecule has 164 valence electrons. The van der Waals surface area contributed by atoms with E-state index in [-0.39, 0.29) is 24.0 Å². The molecule has 0 aliphatic carbocycles. The zero-order valence-corrected chi connectivity index (χ0v) is 20.7. The normalized spacial score (nSPS) is 20.8. The average molecular weight is 514 g/mol. The van der Waals surface area contributed by atoms with Gasteiger partial charge < -0.3 is 15.0 Å². The van der Waals surface area contributed by atoms with Crippen LogP contribution in [0.1, 0.15) is 43.7 Å². The van der Waals surface area contributed by atoms with Crippen molar-refractivity contribution in [2.24, 2.45) is 10.9 Å². The fourth-order valence-electron chi connectivity index (χ4n) is 4.22. The number of hydrogen-bond acceptors (Lipinski definition) is 3. The first-order valence-electron chi connectivity index (χ1n) is 11.0. The summed E-state index contributed by atoms with van der Waals surface area (Å²) >= 11 is 0. The number of rotatable bonds is 7. The van der Waals surface area contributed by atoms with Gasteiger partial charge in [0, 0.05) is 46.3 Å². The lowest BCUT2D eigenvalue weighted by Crippen LogP contribution is -2.42. The van der Waals surface area contributed by atoms with E-state index < -0.39 is 0 Å². The second kappa shape index (κ2) is 12.7. The minimum atomic E-state index is 0. The van der Waals surface area contributed by atoms with Gasteiger partial charge in [-0.2, -0.15) is 0 Å². The molecule has 1 atom stereocenters. The molecule has 0 bridgehead atoms. The summed E-state index contributed by atoms with van der Waals surface area (Å²) in [5.74, 6) is 2.42. The molecule has 1 aromatic rings. The van der Waals surface area contributed by atoms with Gasteiger partial charge in [0.25, 0.3) is 0 Å². The molecule has 29 heavy (non-hydrogen) atoms. The predicted octanol–water partition coefficient (Wildman–Crippen LogP) is 3.59. The monoisotopic (exact) mass is 514 g/mol. The molecule has 2 heterocycles. The molecule has 1 aromatic carbocycles. The maximum atomic E-state index is 5.46. The third kappa shape index (κ3) is 7.72. The van der Waals surface area contributed by atoms with E-state index in [4.69, 9.17) is 4.74 Å². The summed E-state index contributed by atoms with van der Waals surface area (Å²) in [6.45, 7) is 12.8. The highest BCUT2D eigenvalue weighted by molar-refractivity contribution is 14.0. The molecule has 0 radical (unpaired) electrons. The summed E-state index contributed by atoms with van der Waals surface area (Å²) in [4.78, 5) is 9.51. The Hall–Kier alpha value is -0.860. The Bertz CT molecular complexity index is 614. The molecule has 6 heteroatoms. The van der Waals surface area contributed by atoms with Crippen molar-refractivity contribution in [1.29, 1.82) is 0 Å². The van der Waals surface area contributed by atoms with Gasteiger partial charge in [0.15, 0.2) is 5.96 Å². The fraction of sp³-hybridized carbons (Fsp3) is 0.696. The number of aliphatic imine (C=N–C) groups is 1. The summed E-state index contributed by atoms with van der Waals surface area (Å²) in [6.07, 6.45) is 3.51. The van der Waals surface area contributed by atoms with Crippen LogP contribution in [0.25, 0.3) is 0 Å². The SMILES string of the molecule is CN=C(NCCCc1ccc(C(C)C)cc1)N1CCC(CN2CCOCC2)C1.I. The molecule has 1 unspecified atom stereocenters. The third-order valence-electron chi connectivity index (χ3n) is 5.99.